The fourth-order valence-electron chi connectivity index (χ4n) is 2.76. The number of carbonyl (C=O) groups excluding carboxylic acids is 1. The summed E-state index contributed by atoms with van der Waals surface area (Å²) in [4.78, 5) is 14.6. The summed E-state index contributed by atoms with van der Waals surface area (Å²) < 4.78 is 0. The van der Waals surface area contributed by atoms with Gasteiger partial charge in [-0.15, -0.1) is 0 Å². The van der Waals surface area contributed by atoms with Gasteiger partial charge < -0.3 is 10.2 Å². The van der Waals surface area contributed by atoms with Crippen LogP contribution in [0.25, 0.3) is 0 Å². The van der Waals surface area contributed by atoms with E-state index in [1.54, 1.807) is 0 Å². The van der Waals surface area contributed by atoms with Crippen molar-refractivity contribution in [2.75, 3.05) is 25.0 Å². The molecular formula is C16H22N2O. The normalized spacial score (nSPS) is 16.9. The Kier molecular flexibility index (Phi) is 3.45. The molecule has 0 bridgehead atoms. The van der Waals surface area contributed by atoms with Crippen LogP contribution in [0.4, 0.5) is 5.69 Å². The van der Waals surface area contributed by atoms with Crippen molar-refractivity contribution in [3.05, 3.63) is 29.3 Å². The molecule has 1 fully saturated rings. The molecular weight excluding hydrogens is 236 g/mol. The maximum atomic E-state index is 12.6. The Balaban J connectivity index is 1.76. The molecule has 1 aliphatic carbocycles. The van der Waals surface area contributed by atoms with E-state index >= 15 is 0 Å². The third-order valence-corrected chi connectivity index (χ3v) is 4.02. The van der Waals surface area contributed by atoms with Gasteiger partial charge in [-0.05, 0) is 49.3 Å². The quantitative estimate of drug-likeness (QED) is 0.880. The zero-order chi connectivity index (χ0) is 13.2. The lowest BCUT2D eigenvalue weighted by Gasteiger charge is -2.22. The fraction of sp³-hybridized carbons (Fsp3) is 0.562. The Morgan fingerprint density at radius 2 is 2.26 bits per heavy atom. The van der Waals surface area contributed by atoms with Crippen LogP contribution in [0.2, 0.25) is 0 Å². The van der Waals surface area contributed by atoms with Gasteiger partial charge in [-0.25, -0.2) is 0 Å². The van der Waals surface area contributed by atoms with E-state index in [0.717, 1.165) is 49.6 Å². The largest absolute Gasteiger partial charge is 0.384 e. The maximum Gasteiger partial charge on any atom is 0.253 e. The second kappa shape index (κ2) is 5.24. The molecule has 0 atom stereocenters. The van der Waals surface area contributed by atoms with Crippen LogP contribution in [-0.4, -0.2) is 30.4 Å². The van der Waals surface area contributed by atoms with Crippen molar-refractivity contribution in [3.63, 3.8) is 0 Å². The fourth-order valence-corrected chi connectivity index (χ4v) is 2.76. The number of nitrogens with zero attached hydrogens (tertiary/aromatic N) is 1. The number of hydrogen-bond acceptors (Lipinski definition) is 2. The molecule has 1 aromatic rings. The van der Waals surface area contributed by atoms with E-state index in [1.807, 2.05) is 17.0 Å². The summed E-state index contributed by atoms with van der Waals surface area (Å²) in [5, 5.41) is 3.35. The second-order valence-electron chi connectivity index (χ2n) is 5.74. The summed E-state index contributed by atoms with van der Waals surface area (Å²) in [5.41, 5.74) is 3.32. The van der Waals surface area contributed by atoms with Gasteiger partial charge in [0.05, 0.1) is 0 Å². The second-order valence-corrected chi connectivity index (χ2v) is 5.74. The highest BCUT2D eigenvalue weighted by Crippen LogP contribution is 2.30. The van der Waals surface area contributed by atoms with Gasteiger partial charge in [-0.3, -0.25) is 4.79 Å². The molecule has 2 aliphatic rings. The van der Waals surface area contributed by atoms with Crippen molar-refractivity contribution in [1.82, 2.24) is 4.90 Å². The van der Waals surface area contributed by atoms with Crippen LogP contribution < -0.4 is 5.32 Å². The van der Waals surface area contributed by atoms with E-state index < -0.39 is 0 Å². The van der Waals surface area contributed by atoms with E-state index in [2.05, 4.69) is 18.3 Å². The summed E-state index contributed by atoms with van der Waals surface area (Å²) in [6.45, 7) is 4.95. The molecule has 3 nitrogen and oxygen atoms in total. The molecule has 0 unspecified atom stereocenters. The molecule has 1 N–H and O–H groups in total. The first-order chi connectivity index (χ1) is 9.28. The molecule has 1 amide bonds. The van der Waals surface area contributed by atoms with Gasteiger partial charge in [-0.1, -0.05) is 13.0 Å². The van der Waals surface area contributed by atoms with Crippen molar-refractivity contribution in [2.45, 2.75) is 32.6 Å². The number of hydrogen-bond donors (Lipinski definition) is 1. The van der Waals surface area contributed by atoms with Crippen LogP contribution >= 0.6 is 0 Å². The smallest absolute Gasteiger partial charge is 0.253 e. The molecule has 19 heavy (non-hydrogen) atoms. The lowest BCUT2D eigenvalue weighted by molar-refractivity contribution is 0.0748. The van der Waals surface area contributed by atoms with Crippen molar-refractivity contribution >= 4 is 11.6 Å². The molecule has 0 saturated heterocycles. The highest BCUT2D eigenvalue weighted by molar-refractivity contribution is 5.95. The Hall–Kier alpha value is -1.51. The Bertz CT molecular complexity index is 480. The van der Waals surface area contributed by atoms with E-state index in [-0.39, 0.29) is 5.91 Å². The minimum Gasteiger partial charge on any atom is -0.384 e. The standard InChI is InChI=1S/C16H22N2O/c1-2-9-18(11-12-3-4-12)16(19)14-6-5-13-7-8-17-15(13)10-14/h5-6,10,12,17H,2-4,7-9,11H2,1H3. The first-order valence-corrected chi connectivity index (χ1v) is 7.44. The Labute approximate surface area is 115 Å². The van der Waals surface area contributed by atoms with Gasteiger partial charge in [0.2, 0.25) is 0 Å². The minimum absolute atomic E-state index is 0.199. The summed E-state index contributed by atoms with van der Waals surface area (Å²) in [7, 11) is 0. The molecule has 1 heterocycles. The molecule has 3 heteroatoms. The first-order valence-electron chi connectivity index (χ1n) is 7.44. The van der Waals surface area contributed by atoms with Gasteiger partial charge in [0.15, 0.2) is 0 Å². The van der Waals surface area contributed by atoms with Crippen LogP contribution in [-0.2, 0) is 6.42 Å². The molecule has 3 rings (SSSR count). The Morgan fingerprint density at radius 3 is 3.00 bits per heavy atom. The third kappa shape index (κ3) is 2.75. The number of benzene rings is 1. The summed E-state index contributed by atoms with van der Waals surface area (Å²) in [6.07, 6.45) is 4.69. The van der Waals surface area contributed by atoms with E-state index in [0.29, 0.717) is 0 Å². The molecule has 1 aliphatic heterocycles. The molecule has 1 saturated carbocycles. The van der Waals surface area contributed by atoms with Gasteiger partial charge in [0.25, 0.3) is 5.91 Å². The predicted molar refractivity (Wildman–Crippen MR) is 77.6 cm³/mol. The van der Waals surface area contributed by atoms with Crippen molar-refractivity contribution < 1.29 is 4.79 Å². The highest BCUT2D eigenvalue weighted by atomic mass is 16.2. The maximum absolute atomic E-state index is 12.6. The van der Waals surface area contributed by atoms with E-state index in [1.165, 1.54) is 18.4 Å². The lowest BCUT2D eigenvalue weighted by atomic mass is 10.1. The molecule has 0 spiro atoms. The number of nitrogens with one attached hydrogen (secondary N) is 1. The number of anilines is 1. The van der Waals surface area contributed by atoms with Crippen molar-refractivity contribution in [1.29, 1.82) is 0 Å². The molecule has 0 radical (unpaired) electrons. The molecule has 1 aromatic carbocycles. The molecule has 102 valence electrons. The van der Waals surface area contributed by atoms with Crippen LogP contribution in [0.1, 0.15) is 42.1 Å². The third-order valence-electron chi connectivity index (χ3n) is 4.02. The van der Waals surface area contributed by atoms with Gasteiger partial charge in [0.1, 0.15) is 0 Å². The summed E-state index contributed by atoms with van der Waals surface area (Å²) >= 11 is 0. The highest BCUT2D eigenvalue weighted by Gasteiger charge is 2.27. The Morgan fingerprint density at radius 1 is 1.42 bits per heavy atom. The average molecular weight is 258 g/mol. The summed E-state index contributed by atoms with van der Waals surface area (Å²) in [6, 6.07) is 6.12. The number of carbonyl (C=O) groups is 1. The van der Waals surface area contributed by atoms with Crippen molar-refractivity contribution in [2.24, 2.45) is 5.92 Å². The van der Waals surface area contributed by atoms with Crippen LogP contribution in [0.5, 0.6) is 0 Å². The number of rotatable bonds is 5. The zero-order valence-corrected chi connectivity index (χ0v) is 11.6. The van der Waals surface area contributed by atoms with Crippen LogP contribution in [0.3, 0.4) is 0 Å². The summed E-state index contributed by atoms with van der Waals surface area (Å²) in [5.74, 6) is 0.952. The first kappa shape index (κ1) is 12.5. The van der Waals surface area contributed by atoms with Crippen molar-refractivity contribution in [3.8, 4) is 0 Å². The topological polar surface area (TPSA) is 32.3 Å². The van der Waals surface area contributed by atoms with E-state index in [9.17, 15) is 4.79 Å². The monoisotopic (exact) mass is 258 g/mol. The zero-order valence-electron chi connectivity index (χ0n) is 11.6. The molecule has 0 aromatic heterocycles. The minimum atomic E-state index is 0.199. The van der Waals surface area contributed by atoms with Crippen LogP contribution in [0, 0.1) is 5.92 Å². The van der Waals surface area contributed by atoms with Crippen LogP contribution in [0.15, 0.2) is 18.2 Å². The number of amides is 1. The van der Waals surface area contributed by atoms with E-state index in [4.69, 9.17) is 0 Å². The SMILES string of the molecule is CCCN(CC1CC1)C(=O)c1ccc2c(c1)NCC2. The van der Waals surface area contributed by atoms with Gasteiger partial charge in [-0.2, -0.15) is 0 Å². The van der Waals surface area contributed by atoms with Gasteiger partial charge >= 0.3 is 0 Å². The van der Waals surface area contributed by atoms with Gasteiger partial charge in [0, 0.05) is 30.9 Å². The lowest BCUT2D eigenvalue weighted by Crippen LogP contribution is -2.33. The number of fused-ring (bicyclic) bond motifs is 1. The average Bonchev–Trinajstić information content (AvgIpc) is 3.11. The predicted octanol–water partition coefficient (Wildman–Crippen LogP) is 2.92.